The van der Waals surface area contributed by atoms with E-state index in [1.54, 1.807) is 7.11 Å². The standard InChI is InChI=1S/C22H23NO2/c1-3-6-15-13-14-23-19-8-5-4-7-18(19)20(21(15)23)22(24)16-9-11-17(25-2)12-10-16/h4-5,7-12,15H,3,6,13-14H2,1-2H3/t15-/m0/s1. The monoisotopic (exact) mass is 333 g/mol. The Bertz CT molecular complexity index is 921. The van der Waals surface area contributed by atoms with Gasteiger partial charge in [-0.15, -0.1) is 0 Å². The quantitative estimate of drug-likeness (QED) is 0.603. The van der Waals surface area contributed by atoms with Gasteiger partial charge in [0.25, 0.3) is 0 Å². The number of aromatic nitrogens is 1. The molecular weight excluding hydrogens is 310 g/mol. The summed E-state index contributed by atoms with van der Waals surface area (Å²) in [4.78, 5) is 13.4. The molecule has 2 heterocycles. The third kappa shape index (κ3) is 2.55. The minimum Gasteiger partial charge on any atom is -0.497 e. The molecule has 1 aliphatic rings. The number of hydrogen-bond acceptors (Lipinski definition) is 2. The molecule has 2 aromatic carbocycles. The number of ether oxygens (including phenoxy) is 1. The van der Waals surface area contributed by atoms with E-state index in [1.807, 2.05) is 30.3 Å². The molecule has 0 aliphatic carbocycles. The van der Waals surface area contributed by atoms with Crippen LogP contribution in [0.2, 0.25) is 0 Å². The number of carbonyl (C=O) groups excluding carboxylic acids is 1. The molecule has 0 amide bonds. The zero-order valence-electron chi connectivity index (χ0n) is 14.8. The number of aryl methyl sites for hydroxylation is 1. The van der Waals surface area contributed by atoms with Crippen molar-refractivity contribution in [1.29, 1.82) is 0 Å². The molecular formula is C22H23NO2. The molecule has 0 N–H and O–H groups in total. The van der Waals surface area contributed by atoms with Crippen LogP contribution in [0.3, 0.4) is 0 Å². The van der Waals surface area contributed by atoms with Crippen LogP contribution in [0.5, 0.6) is 5.75 Å². The number of fused-ring (bicyclic) bond motifs is 3. The number of ketones is 1. The predicted molar refractivity (Wildman–Crippen MR) is 101 cm³/mol. The first kappa shape index (κ1) is 15.9. The Morgan fingerprint density at radius 1 is 1.16 bits per heavy atom. The second-order valence-corrected chi connectivity index (χ2v) is 6.76. The van der Waals surface area contributed by atoms with Gasteiger partial charge < -0.3 is 9.30 Å². The van der Waals surface area contributed by atoms with Crippen molar-refractivity contribution in [1.82, 2.24) is 4.57 Å². The van der Waals surface area contributed by atoms with Gasteiger partial charge in [-0.05, 0) is 43.2 Å². The van der Waals surface area contributed by atoms with Gasteiger partial charge in [0.15, 0.2) is 5.78 Å². The maximum atomic E-state index is 13.4. The van der Waals surface area contributed by atoms with Crippen LogP contribution >= 0.6 is 0 Å². The lowest BCUT2D eigenvalue weighted by atomic mass is 9.91. The Hall–Kier alpha value is -2.55. The molecule has 0 fully saturated rings. The number of carbonyl (C=O) groups is 1. The first-order chi connectivity index (χ1) is 12.2. The Kier molecular flexibility index (Phi) is 4.08. The van der Waals surface area contributed by atoms with Crippen molar-refractivity contribution >= 4 is 16.7 Å². The fourth-order valence-electron chi connectivity index (χ4n) is 4.17. The Balaban J connectivity index is 1.88. The van der Waals surface area contributed by atoms with Gasteiger partial charge in [-0.3, -0.25) is 4.79 Å². The largest absolute Gasteiger partial charge is 0.497 e. The van der Waals surface area contributed by atoms with Gasteiger partial charge >= 0.3 is 0 Å². The van der Waals surface area contributed by atoms with E-state index in [2.05, 4.69) is 29.7 Å². The zero-order chi connectivity index (χ0) is 17.4. The average molecular weight is 333 g/mol. The highest BCUT2D eigenvalue weighted by Crippen LogP contribution is 2.41. The summed E-state index contributed by atoms with van der Waals surface area (Å²) in [6.07, 6.45) is 3.42. The zero-order valence-corrected chi connectivity index (χ0v) is 14.8. The second kappa shape index (κ2) is 6.40. The van der Waals surface area contributed by atoms with E-state index >= 15 is 0 Å². The van der Waals surface area contributed by atoms with E-state index < -0.39 is 0 Å². The molecule has 1 atom stereocenters. The lowest BCUT2D eigenvalue weighted by molar-refractivity contribution is 0.103. The summed E-state index contributed by atoms with van der Waals surface area (Å²) in [7, 11) is 1.64. The molecule has 0 saturated heterocycles. The van der Waals surface area contributed by atoms with E-state index in [-0.39, 0.29) is 5.78 Å². The molecule has 0 spiro atoms. The average Bonchev–Trinajstić information content (AvgIpc) is 3.20. The second-order valence-electron chi connectivity index (χ2n) is 6.76. The van der Waals surface area contributed by atoms with Crippen LogP contribution in [0, 0.1) is 0 Å². The van der Waals surface area contributed by atoms with Crippen molar-refractivity contribution in [3.05, 3.63) is 65.4 Å². The van der Waals surface area contributed by atoms with Crippen molar-refractivity contribution in [2.45, 2.75) is 38.6 Å². The summed E-state index contributed by atoms with van der Waals surface area (Å²) in [5.41, 5.74) is 4.05. The van der Waals surface area contributed by atoms with E-state index in [4.69, 9.17) is 4.74 Å². The Labute approximate surface area is 148 Å². The van der Waals surface area contributed by atoms with Gasteiger partial charge in [0.2, 0.25) is 0 Å². The Morgan fingerprint density at radius 2 is 1.92 bits per heavy atom. The summed E-state index contributed by atoms with van der Waals surface area (Å²) in [5, 5.41) is 1.08. The summed E-state index contributed by atoms with van der Waals surface area (Å²) in [6, 6.07) is 15.7. The van der Waals surface area contributed by atoms with E-state index in [9.17, 15) is 4.79 Å². The van der Waals surface area contributed by atoms with E-state index in [1.165, 1.54) is 11.2 Å². The number of rotatable bonds is 5. The number of nitrogens with zero attached hydrogens (tertiary/aromatic N) is 1. The maximum absolute atomic E-state index is 13.4. The first-order valence-electron chi connectivity index (χ1n) is 9.04. The summed E-state index contributed by atoms with van der Waals surface area (Å²) < 4.78 is 7.58. The highest BCUT2D eigenvalue weighted by atomic mass is 16.5. The predicted octanol–water partition coefficient (Wildman–Crippen LogP) is 5.17. The molecule has 1 aromatic heterocycles. The van der Waals surface area contributed by atoms with Gasteiger partial charge in [0.05, 0.1) is 12.7 Å². The third-order valence-electron chi connectivity index (χ3n) is 5.32. The smallest absolute Gasteiger partial charge is 0.195 e. The molecule has 0 bridgehead atoms. The minimum absolute atomic E-state index is 0.121. The maximum Gasteiger partial charge on any atom is 0.195 e. The van der Waals surface area contributed by atoms with Crippen LogP contribution in [0.4, 0.5) is 0 Å². The van der Waals surface area contributed by atoms with Crippen LogP contribution in [0.15, 0.2) is 48.5 Å². The molecule has 0 radical (unpaired) electrons. The number of para-hydroxylation sites is 1. The van der Waals surface area contributed by atoms with Crippen LogP contribution < -0.4 is 4.74 Å². The third-order valence-corrected chi connectivity index (χ3v) is 5.32. The molecule has 1 aliphatic heterocycles. The summed E-state index contributed by atoms with van der Waals surface area (Å²) in [5.74, 6) is 1.37. The normalized spacial score (nSPS) is 16.2. The minimum atomic E-state index is 0.121. The van der Waals surface area contributed by atoms with Gasteiger partial charge in [-0.25, -0.2) is 0 Å². The van der Waals surface area contributed by atoms with E-state index in [0.717, 1.165) is 48.1 Å². The van der Waals surface area contributed by atoms with Gasteiger partial charge in [-0.2, -0.15) is 0 Å². The van der Waals surface area contributed by atoms with Crippen LogP contribution in [0.25, 0.3) is 10.9 Å². The molecule has 0 unspecified atom stereocenters. The van der Waals surface area contributed by atoms with Crippen LogP contribution in [0.1, 0.15) is 53.7 Å². The summed E-state index contributed by atoms with van der Waals surface area (Å²) in [6.45, 7) is 3.23. The number of methoxy groups -OCH3 is 1. The van der Waals surface area contributed by atoms with Gasteiger partial charge in [0.1, 0.15) is 5.75 Å². The highest BCUT2D eigenvalue weighted by molar-refractivity contribution is 6.17. The van der Waals surface area contributed by atoms with Gasteiger partial charge in [-0.1, -0.05) is 31.5 Å². The van der Waals surface area contributed by atoms with Crippen molar-refractivity contribution in [3.8, 4) is 5.75 Å². The molecule has 3 aromatic rings. The number of benzene rings is 2. The topological polar surface area (TPSA) is 31.2 Å². The van der Waals surface area contributed by atoms with Crippen molar-refractivity contribution < 1.29 is 9.53 Å². The molecule has 25 heavy (non-hydrogen) atoms. The molecule has 0 saturated carbocycles. The van der Waals surface area contributed by atoms with Crippen molar-refractivity contribution in [2.75, 3.05) is 7.11 Å². The highest BCUT2D eigenvalue weighted by Gasteiger charge is 2.31. The van der Waals surface area contributed by atoms with E-state index in [0.29, 0.717) is 5.92 Å². The van der Waals surface area contributed by atoms with Crippen molar-refractivity contribution in [3.63, 3.8) is 0 Å². The number of hydrogen-bond donors (Lipinski definition) is 0. The van der Waals surface area contributed by atoms with Crippen LogP contribution in [-0.4, -0.2) is 17.5 Å². The van der Waals surface area contributed by atoms with Gasteiger partial charge in [0, 0.05) is 34.6 Å². The Morgan fingerprint density at radius 3 is 2.64 bits per heavy atom. The fraction of sp³-hybridized carbons (Fsp3) is 0.318. The first-order valence-corrected chi connectivity index (χ1v) is 9.04. The molecule has 3 nitrogen and oxygen atoms in total. The molecule has 4 rings (SSSR count). The molecule has 3 heteroatoms. The SMILES string of the molecule is CCC[C@H]1CCn2c1c(C(=O)c1ccc(OC)cc1)c1ccccc12. The lowest BCUT2D eigenvalue weighted by Crippen LogP contribution is -2.07. The van der Waals surface area contributed by atoms with Crippen molar-refractivity contribution in [2.24, 2.45) is 0 Å². The lowest BCUT2D eigenvalue weighted by Gasteiger charge is -2.11. The molecule has 128 valence electrons. The fourth-order valence-corrected chi connectivity index (χ4v) is 4.17. The summed E-state index contributed by atoms with van der Waals surface area (Å²) >= 11 is 0. The van der Waals surface area contributed by atoms with Crippen LogP contribution in [-0.2, 0) is 6.54 Å².